The average Bonchev–Trinajstić information content (AvgIpc) is 3.42. The van der Waals surface area contributed by atoms with E-state index < -0.39 is 11.9 Å². The Morgan fingerprint density at radius 1 is 1.25 bits per heavy atom. The zero-order valence-corrected chi connectivity index (χ0v) is 16.7. The molecule has 1 aromatic carbocycles. The second kappa shape index (κ2) is 7.55. The van der Waals surface area contributed by atoms with Crippen LogP contribution in [0, 0.1) is 11.3 Å². The number of hydrogen-bond donors (Lipinski definition) is 3. The summed E-state index contributed by atoms with van der Waals surface area (Å²) in [5, 5.41) is 21.3. The smallest absolute Gasteiger partial charge is 0.327 e. The van der Waals surface area contributed by atoms with Gasteiger partial charge in [0.25, 0.3) is 5.91 Å². The maximum absolute atomic E-state index is 11.9. The molecule has 2 aliphatic rings. The summed E-state index contributed by atoms with van der Waals surface area (Å²) in [7, 11) is 1.47. The minimum Gasteiger partial charge on any atom is -0.493 e. The van der Waals surface area contributed by atoms with Crippen molar-refractivity contribution in [1.82, 2.24) is 30.2 Å². The van der Waals surface area contributed by atoms with E-state index in [-0.39, 0.29) is 17.7 Å². The number of urea groups is 1. The van der Waals surface area contributed by atoms with E-state index in [2.05, 4.69) is 31.0 Å². The van der Waals surface area contributed by atoms with E-state index in [9.17, 15) is 9.59 Å². The lowest BCUT2D eigenvalue weighted by Crippen LogP contribution is -2.22. The fourth-order valence-electron chi connectivity index (χ4n) is 3.08. The highest BCUT2D eigenvalue weighted by Crippen LogP contribution is 2.32. The third-order valence-electron chi connectivity index (χ3n) is 4.80. The van der Waals surface area contributed by atoms with Crippen molar-refractivity contribution in [1.29, 1.82) is 5.26 Å². The van der Waals surface area contributed by atoms with Gasteiger partial charge in [-0.3, -0.25) is 10.1 Å². The van der Waals surface area contributed by atoms with Crippen LogP contribution in [0.4, 0.5) is 10.7 Å². The zero-order valence-electron chi connectivity index (χ0n) is 16.7. The van der Waals surface area contributed by atoms with Crippen LogP contribution in [0.1, 0.15) is 24.0 Å². The number of benzene rings is 1. The normalized spacial score (nSPS) is 16.6. The second-order valence-corrected chi connectivity index (χ2v) is 7.13. The standard InChI is InChI=1S/C20H16N8O4/c1-31-15-6-10(8-21)2-5-14(15)32-20-25-16-11(7-13-17(29)26-19(30)24-13)9-22-28(16)18(27-20)23-12-3-4-12/h2,5-7,9,12H,3-4H2,1H3,(H,23,25,27)(H2,24,26,29,30)/b13-7-. The van der Waals surface area contributed by atoms with Gasteiger partial charge >= 0.3 is 12.0 Å². The molecule has 0 atom stereocenters. The van der Waals surface area contributed by atoms with E-state index in [1.54, 1.807) is 18.2 Å². The molecule has 0 radical (unpaired) electrons. The molecule has 2 fully saturated rings. The summed E-state index contributed by atoms with van der Waals surface area (Å²) >= 11 is 0. The Morgan fingerprint density at radius 3 is 2.78 bits per heavy atom. The first-order valence-corrected chi connectivity index (χ1v) is 9.66. The Morgan fingerprint density at radius 2 is 2.09 bits per heavy atom. The van der Waals surface area contributed by atoms with Crippen molar-refractivity contribution in [2.75, 3.05) is 12.4 Å². The number of imide groups is 1. The number of fused-ring (bicyclic) bond motifs is 1. The molecule has 3 N–H and O–H groups in total. The van der Waals surface area contributed by atoms with Crippen LogP contribution >= 0.6 is 0 Å². The predicted octanol–water partition coefficient (Wildman–Crippen LogP) is 1.55. The summed E-state index contributed by atoms with van der Waals surface area (Å²) in [5.74, 6) is 0.559. The molecule has 0 spiro atoms. The quantitative estimate of drug-likeness (QED) is 0.388. The highest BCUT2D eigenvalue weighted by atomic mass is 16.5. The minimum absolute atomic E-state index is 0.0173. The van der Waals surface area contributed by atoms with E-state index in [0.29, 0.717) is 34.2 Å². The molecule has 3 heterocycles. The lowest BCUT2D eigenvalue weighted by Gasteiger charge is -2.11. The van der Waals surface area contributed by atoms with Crippen LogP contribution < -0.4 is 25.4 Å². The van der Waals surface area contributed by atoms with Gasteiger partial charge in [0.1, 0.15) is 5.70 Å². The molecule has 1 saturated carbocycles. The maximum atomic E-state index is 11.9. The number of carbonyl (C=O) groups is 2. The summed E-state index contributed by atoms with van der Waals surface area (Å²) in [6.07, 6.45) is 5.01. The van der Waals surface area contributed by atoms with Crippen molar-refractivity contribution in [3.63, 3.8) is 0 Å². The Labute approximate surface area is 180 Å². The number of ether oxygens (including phenoxy) is 2. The van der Waals surface area contributed by atoms with Gasteiger partial charge in [-0.15, -0.1) is 0 Å². The highest BCUT2D eigenvalue weighted by Gasteiger charge is 2.26. The van der Waals surface area contributed by atoms with Crippen LogP contribution in [0.2, 0.25) is 0 Å². The van der Waals surface area contributed by atoms with Gasteiger partial charge in [0.05, 0.1) is 24.9 Å². The van der Waals surface area contributed by atoms with Crippen molar-refractivity contribution in [3.05, 3.63) is 41.2 Å². The molecule has 160 valence electrons. The molecular weight excluding hydrogens is 416 g/mol. The fraction of sp³-hybridized carbons (Fsp3) is 0.200. The van der Waals surface area contributed by atoms with Gasteiger partial charge in [-0.25, -0.2) is 4.79 Å². The molecule has 3 aromatic rings. The molecule has 1 aliphatic heterocycles. The van der Waals surface area contributed by atoms with E-state index in [1.807, 2.05) is 6.07 Å². The second-order valence-electron chi connectivity index (χ2n) is 7.13. The topological polar surface area (TPSA) is 156 Å². The van der Waals surface area contributed by atoms with Gasteiger partial charge in [-0.05, 0) is 31.1 Å². The summed E-state index contributed by atoms with van der Waals surface area (Å²) < 4.78 is 12.7. The van der Waals surface area contributed by atoms with Crippen LogP contribution in [0.15, 0.2) is 30.1 Å². The molecule has 32 heavy (non-hydrogen) atoms. The van der Waals surface area contributed by atoms with E-state index >= 15 is 0 Å². The number of amides is 3. The number of aromatic nitrogens is 4. The minimum atomic E-state index is -0.597. The number of hydrogen-bond acceptors (Lipinski definition) is 9. The zero-order chi connectivity index (χ0) is 22.2. The van der Waals surface area contributed by atoms with Gasteiger partial charge in [0.15, 0.2) is 17.1 Å². The molecule has 1 aliphatic carbocycles. The first kappa shape index (κ1) is 19.3. The van der Waals surface area contributed by atoms with E-state index in [0.717, 1.165) is 12.8 Å². The summed E-state index contributed by atoms with van der Waals surface area (Å²) in [4.78, 5) is 32.2. The Hall–Kier alpha value is -4.66. The number of methoxy groups -OCH3 is 1. The largest absolute Gasteiger partial charge is 0.493 e. The van der Waals surface area contributed by atoms with Crippen molar-refractivity contribution in [2.24, 2.45) is 0 Å². The van der Waals surface area contributed by atoms with Gasteiger partial charge in [0.2, 0.25) is 5.95 Å². The fourth-order valence-corrected chi connectivity index (χ4v) is 3.08. The van der Waals surface area contributed by atoms with Crippen molar-refractivity contribution >= 4 is 29.6 Å². The Bertz CT molecular complexity index is 1340. The number of rotatable bonds is 6. The third-order valence-corrected chi connectivity index (χ3v) is 4.80. The van der Waals surface area contributed by atoms with Crippen LogP contribution in [0.3, 0.4) is 0 Å². The monoisotopic (exact) mass is 432 g/mol. The number of nitrogens with zero attached hydrogens (tertiary/aromatic N) is 5. The SMILES string of the molecule is COc1cc(C#N)ccc1Oc1nc(NC2CC2)n2ncc(/C=C3\NC(=O)NC3=O)c2n1. The Balaban J connectivity index is 1.57. The number of anilines is 1. The molecule has 12 nitrogen and oxygen atoms in total. The number of carbonyl (C=O) groups excluding carboxylic acids is 2. The Kier molecular flexibility index (Phi) is 4.55. The third kappa shape index (κ3) is 3.63. The van der Waals surface area contributed by atoms with Crippen LogP contribution in [0.25, 0.3) is 11.7 Å². The summed E-state index contributed by atoms with van der Waals surface area (Å²) in [5.41, 5.74) is 1.35. The number of nitriles is 1. The number of nitrogens with one attached hydrogen (secondary N) is 3. The molecule has 0 bridgehead atoms. The molecule has 0 unspecified atom stereocenters. The molecule has 5 rings (SSSR count). The van der Waals surface area contributed by atoms with Gasteiger partial charge < -0.3 is 20.1 Å². The average molecular weight is 432 g/mol. The highest BCUT2D eigenvalue weighted by molar-refractivity contribution is 6.14. The van der Waals surface area contributed by atoms with E-state index in [4.69, 9.17) is 14.7 Å². The molecule has 2 aromatic heterocycles. The van der Waals surface area contributed by atoms with Crippen LogP contribution in [-0.4, -0.2) is 44.7 Å². The molecule has 12 heteroatoms. The lowest BCUT2D eigenvalue weighted by atomic mass is 10.2. The van der Waals surface area contributed by atoms with Gasteiger partial charge in [0, 0.05) is 17.7 Å². The van der Waals surface area contributed by atoms with Gasteiger partial charge in [-0.1, -0.05) is 0 Å². The molecule has 3 amide bonds. The molecular formula is C20H16N8O4. The first-order chi connectivity index (χ1) is 15.5. The first-order valence-electron chi connectivity index (χ1n) is 9.66. The van der Waals surface area contributed by atoms with E-state index in [1.165, 1.54) is 23.9 Å². The summed E-state index contributed by atoms with van der Waals surface area (Å²) in [6.45, 7) is 0. The van der Waals surface area contributed by atoms with Crippen molar-refractivity contribution in [2.45, 2.75) is 18.9 Å². The predicted molar refractivity (Wildman–Crippen MR) is 110 cm³/mol. The van der Waals surface area contributed by atoms with Crippen molar-refractivity contribution in [3.8, 4) is 23.6 Å². The summed E-state index contributed by atoms with van der Waals surface area (Å²) in [6, 6.07) is 6.47. The van der Waals surface area contributed by atoms with Crippen molar-refractivity contribution < 1.29 is 19.1 Å². The maximum Gasteiger partial charge on any atom is 0.327 e. The van der Waals surface area contributed by atoms with Crippen LogP contribution in [-0.2, 0) is 4.79 Å². The van der Waals surface area contributed by atoms with Gasteiger partial charge in [-0.2, -0.15) is 24.8 Å². The lowest BCUT2D eigenvalue weighted by molar-refractivity contribution is -0.115. The van der Waals surface area contributed by atoms with Crippen LogP contribution in [0.5, 0.6) is 17.5 Å². The molecule has 1 saturated heterocycles.